The number of nitrogens with zero attached hydrogens (tertiary/aromatic N) is 1. The fraction of sp³-hybridized carbons (Fsp3) is 0.280. The van der Waals surface area contributed by atoms with Crippen molar-refractivity contribution in [1.29, 1.82) is 0 Å². The number of hydrogen-bond acceptors (Lipinski definition) is 6. The van der Waals surface area contributed by atoms with Gasteiger partial charge in [0.1, 0.15) is 6.61 Å². The lowest BCUT2D eigenvalue weighted by atomic mass is 9.97. The summed E-state index contributed by atoms with van der Waals surface area (Å²) in [6.07, 6.45) is -0.769. The Bertz CT molecular complexity index is 1240. The fourth-order valence-electron chi connectivity index (χ4n) is 4.23. The first-order valence-electron chi connectivity index (χ1n) is 11.0. The predicted octanol–water partition coefficient (Wildman–Crippen LogP) is 4.64. The molecule has 0 saturated carbocycles. The first kappa shape index (κ1) is 23.6. The molecule has 0 fully saturated rings. The van der Waals surface area contributed by atoms with Crippen LogP contribution in [-0.2, 0) is 16.1 Å². The molecule has 1 aliphatic carbocycles. The number of carbonyl (C=O) groups is 2. The van der Waals surface area contributed by atoms with Crippen LogP contribution in [0.3, 0.4) is 0 Å². The molecule has 3 aromatic rings. The lowest BCUT2D eigenvalue weighted by molar-refractivity contribution is -0.116. The number of carbonyl (C=O) groups excluding carboxylic acids is 2. The molecule has 9 heteroatoms. The number of benzene rings is 2. The standard InChI is InChI=1S/C25H27N3O5S/c1-14(2)34-21-12-23(30)28(24(21)31)10-9-22(29)27-15-7-8-18-16-5-3-4-6-17(16)20(19(18)11-15)13-33-25(26)32/h3-8,11-12,14,20,30-31H,9-10,13H2,1-2H3,(H2,26,32)(H,27,29). The van der Waals surface area contributed by atoms with Crippen LogP contribution >= 0.6 is 11.8 Å². The molecule has 34 heavy (non-hydrogen) atoms. The van der Waals surface area contributed by atoms with Gasteiger partial charge in [-0.15, -0.1) is 11.8 Å². The number of anilines is 1. The van der Waals surface area contributed by atoms with Gasteiger partial charge in [-0.2, -0.15) is 0 Å². The maximum atomic E-state index is 12.6. The lowest BCUT2D eigenvalue weighted by Crippen LogP contribution is -2.18. The second kappa shape index (κ2) is 9.72. The minimum absolute atomic E-state index is 0.0448. The first-order valence-corrected chi connectivity index (χ1v) is 11.9. The number of rotatable bonds is 8. The summed E-state index contributed by atoms with van der Waals surface area (Å²) in [5.74, 6) is -0.565. The number of nitrogens with two attached hydrogens (primary N) is 1. The molecule has 0 aliphatic heterocycles. The zero-order valence-electron chi connectivity index (χ0n) is 18.9. The number of hydrogen-bond donors (Lipinski definition) is 4. The number of nitrogens with one attached hydrogen (secondary N) is 1. The van der Waals surface area contributed by atoms with Crippen LogP contribution in [0.5, 0.6) is 11.8 Å². The Balaban J connectivity index is 1.47. The van der Waals surface area contributed by atoms with Crippen LogP contribution in [0.1, 0.15) is 37.3 Å². The molecule has 2 amide bonds. The summed E-state index contributed by atoms with van der Waals surface area (Å²) in [6, 6.07) is 15.0. The number of thioether (sulfide) groups is 1. The average Bonchev–Trinajstić information content (AvgIpc) is 3.23. The molecule has 0 radical (unpaired) electrons. The van der Waals surface area contributed by atoms with Crippen LogP contribution in [0.4, 0.5) is 10.5 Å². The summed E-state index contributed by atoms with van der Waals surface area (Å²) < 4.78 is 6.42. The van der Waals surface area contributed by atoms with E-state index in [1.807, 2.05) is 56.3 Å². The van der Waals surface area contributed by atoms with Crippen LogP contribution in [0.2, 0.25) is 0 Å². The minimum Gasteiger partial charge on any atom is -0.494 e. The highest BCUT2D eigenvalue weighted by Gasteiger charge is 2.29. The average molecular weight is 482 g/mol. The van der Waals surface area contributed by atoms with Crippen molar-refractivity contribution in [2.24, 2.45) is 5.73 Å². The maximum Gasteiger partial charge on any atom is 0.404 e. The molecule has 1 atom stereocenters. The Morgan fingerprint density at radius 1 is 1.12 bits per heavy atom. The summed E-state index contributed by atoms with van der Waals surface area (Å²) in [6.45, 7) is 4.23. The van der Waals surface area contributed by atoms with Crippen LogP contribution in [-0.4, -0.2) is 38.6 Å². The second-order valence-corrected chi connectivity index (χ2v) is 10.00. The van der Waals surface area contributed by atoms with E-state index in [4.69, 9.17) is 10.5 Å². The predicted molar refractivity (Wildman–Crippen MR) is 131 cm³/mol. The van der Waals surface area contributed by atoms with E-state index in [0.29, 0.717) is 10.6 Å². The van der Waals surface area contributed by atoms with Gasteiger partial charge in [-0.3, -0.25) is 9.36 Å². The van der Waals surface area contributed by atoms with Crippen LogP contribution in [0.15, 0.2) is 53.4 Å². The molecule has 8 nitrogen and oxygen atoms in total. The van der Waals surface area contributed by atoms with Crippen LogP contribution in [0.25, 0.3) is 11.1 Å². The van der Waals surface area contributed by atoms with Crippen molar-refractivity contribution in [3.05, 3.63) is 59.7 Å². The van der Waals surface area contributed by atoms with Gasteiger partial charge >= 0.3 is 6.09 Å². The van der Waals surface area contributed by atoms with Crippen molar-refractivity contribution >= 4 is 29.4 Å². The molecule has 0 saturated heterocycles. The summed E-state index contributed by atoms with van der Waals surface area (Å²) in [4.78, 5) is 24.4. The summed E-state index contributed by atoms with van der Waals surface area (Å²) in [5, 5.41) is 23.7. The van der Waals surface area contributed by atoms with Gasteiger partial charge < -0.3 is 26.0 Å². The highest BCUT2D eigenvalue weighted by molar-refractivity contribution is 8.00. The number of amides is 2. The molecule has 178 valence electrons. The number of primary amides is 1. The van der Waals surface area contributed by atoms with E-state index in [1.54, 1.807) is 0 Å². The summed E-state index contributed by atoms with van der Waals surface area (Å²) in [7, 11) is 0. The van der Waals surface area contributed by atoms with E-state index in [2.05, 4.69) is 5.32 Å². The van der Waals surface area contributed by atoms with Gasteiger partial charge in [-0.25, -0.2) is 4.79 Å². The van der Waals surface area contributed by atoms with Gasteiger partial charge in [0.2, 0.25) is 11.8 Å². The maximum absolute atomic E-state index is 12.6. The van der Waals surface area contributed by atoms with Crippen molar-refractivity contribution < 1.29 is 24.5 Å². The van der Waals surface area contributed by atoms with E-state index < -0.39 is 6.09 Å². The van der Waals surface area contributed by atoms with E-state index in [9.17, 15) is 19.8 Å². The first-order chi connectivity index (χ1) is 16.2. The molecule has 1 aromatic heterocycles. The van der Waals surface area contributed by atoms with E-state index in [-0.39, 0.29) is 48.4 Å². The summed E-state index contributed by atoms with van der Waals surface area (Å²) in [5.41, 5.74) is 9.84. The Kier molecular flexibility index (Phi) is 6.74. The van der Waals surface area contributed by atoms with Crippen molar-refractivity contribution in [1.82, 2.24) is 4.57 Å². The topological polar surface area (TPSA) is 127 Å². The smallest absolute Gasteiger partial charge is 0.404 e. The Morgan fingerprint density at radius 3 is 2.59 bits per heavy atom. The van der Waals surface area contributed by atoms with Gasteiger partial charge in [0.25, 0.3) is 0 Å². The number of aromatic nitrogens is 1. The summed E-state index contributed by atoms with van der Waals surface area (Å²) >= 11 is 1.44. The van der Waals surface area contributed by atoms with E-state index >= 15 is 0 Å². The minimum atomic E-state index is -0.832. The highest BCUT2D eigenvalue weighted by atomic mass is 32.2. The monoisotopic (exact) mass is 481 g/mol. The quantitative estimate of drug-likeness (QED) is 0.347. The molecule has 1 unspecified atom stereocenters. The lowest BCUT2D eigenvalue weighted by Gasteiger charge is -2.14. The van der Waals surface area contributed by atoms with Crippen molar-refractivity contribution in [2.75, 3.05) is 11.9 Å². The van der Waals surface area contributed by atoms with Gasteiger partial charge in [-0.05, 0) is 34.4 Å². The second-order valence-electron chi connectivity index (χ2n) is 8.38. The van der Waals surface area contributed by atoms with E-state index in [0.717, 1.165) is 22.3 Å². The molecular formula is C25H27N3O5S. The van der Waals surface area contributed by atoms with Gasteiger partial charge in [0.05, 0.1) is 4.90 Å². The molecule has 1 heterocycles. The third-order valence-corrected chi connectivity index (χ3v) is 6.69. The number of ether oxygens (including phenoxy) is 1. The van der Waals surface area contributed by atoms with E-state index in [1.165, 1.54) is 22.4 Å². The van der Waals surface area contributed by atoms with Crippen LogP contribution < -0.4 is 11.1 Å². The zero-order valence-corrected chi connectivity index (χ0v) is 19.8. The van der Waals surface area contributed by atoms with Crippen molar-refractivity contribution in [3.63, 3.8) is 0 Å². The molecule has 2 aromatic carbocycles. The molecule has 4 rings (SSSR count). The third-order valence-electron chi connectivity index (χ3n) is 5.67. The SMILES string of the molecule is CC(C)Sc1cc(O)n(CCC(=O)Nc2ccc3c(c2)C(COC(N)=O)c2ccccc2-3)c1O. The molecule has 0 bridgehead atoms. The van der Waals surface area contributed by atoms with Crippen molar-refractivity contribution in [3.8, 4) is 22.9 Å². The van der Waals surface area contributed by atoms with Gasteiger partial charge in [-0.1, -0.05) is 44.2 Å². The van der Waals surface area contributed by atoms with Crippen molar-refractivity contribution in [2.45, 2.75) is 42.9 Å². The molecule has 0 spiro atoms. The van der Waals surface area contributed by atoms with Crippen LogP contribution in [0, 0.1) is 0 Å². The number of aromatic hydroxyl groups is 2. The molecular weight excluding hydrogens is 454 g/mol. The third kappa shape index (κ3) is 4.84. The largest absolute Gasteiger partial charge is 0.494 e. The highest BCUT2D eigenvalue weighted by Crippen LogP contribution is 2.45. The van der Waals surface area contributed by atoms with Gasteiger partial charge in [0, 0.05) is 35.9 Å². The normalized spacial score (nSPS) is 14.0. The fourth-order valence-corrected chi connectivity index (χ4v) is 5.13. The Hall–Kier alpha value is -3.59. The Morgan fingerprint density at radius 2 is 1.85 bits per heavy atom. The Labute approximate surface area is 201 Å². The van der Waals surface area contributed by atoms with Gasteiger partial charge in [0.15, 0.2) is 5.88 Å². The molecule has 5 N–H and O–H groups in total. The zero-order chi connectivity index (χ0) is 24.4. The number of fused-ring (bicyclic) bond motifs is 3. The molecule has 1 aliphatic rings.